The number of hydrogen-bond donors (Lipinski definition) is 1. The molecular formula is C29H24N2O5. The van der Waals surface area contributed by atoms with Gasteiger partial charge in [-0.25, -0.2) is 10.2 Å². The molecule has 0 saturated heterocycles. The van der Waals surface area contributed by atoms with Crippen molar-refractivity contribution in [1.29, 1.82) is 0 Å². The summed E-state index contributed by atoms with van der Waals surface area (Å²) in [7, 11) is 1.47. The van der Waals surface area contributed by atoms with Crippen LogP contribution in [0.1, 0.15) is 15.9 Å². The van der Waals surface area contributed by atoms with Gasteiger partial charge in [0.15, 0.2) is 18.1 Å². The molecule has 0 aliphatic rings. The van der Waals surface area contributed by atoms with Gasteiger partial charge in [0, 0.05) is 0 Å². The van der Waals surface area contributed by atoms with Gasteiger partial charge in [-0.15, -0.1) is 0 Å². The summed E-state index contributed by atoms with van der Waals surface area (Å²) in [6, 6.07) is 31.1. The number of ether oxygens (including phenoxy) is 3. The number of methoxy groups -OCH3 is 1. The van der Waals surface area contributed by atoms with Gasteiger partial charge in [0.2, 0.25) is 0 Å². The van der Waals surface area contributed by atoms with Crippen molar-refractivity contribution in [1.82, 2.24) is 5.43 Å². The van der Waals surface area contributed by atoms with Gasteiger partial charge in [-0.1, -0.05) is 60.7 Å². The molecule has 0 aromatic heterocycles. The first kappa shape index (κ1) is 24.2. The van der Waals surface area contributed by atoms with Crippen LogP contribution in [0.4, 0.5) is 0 Å². The molecule has 1 amide bonds. The molecule has 36 heavy (non-hydrogen) atoms. The monoisotopic (exact) mass is 480 g/mol. The van der Waals surface area contributed by atoms with E-state index in [0.29, 0.717) is 22.6 Å². The van der Waals surface area contributed by atoms with E-state index in [1.54, 1.807) is 42.5 Å². The molecule has 4 aromatic carbocycles. The fraction of sp³-hybridized carbons (Fsp3) is 0.0690. The number of nitrogens with zero attached hydrogens (tertiary/aromatic N) is 1. The average Bonchev–Trinajstić information content (AvgIpc) is 2.94. The lowest BCUT2D eigenvalue weighted by Gasteiger charge is -2.10. The van der Waals surface area contributed by atoms with Crippen molar-refractivity contribution in [2.45, 2.75) is 0 Å². The summed E-state index contributed by atoms with van der Waals surface area (Å²) in [4.78, 5) is 24.4. The van der Waals surface area contributed by atoms with E-state index in [1.807, 2.05) is 60.7 Å². The highest BCUT2D eigenvalue weighted by molar-refractivity contribution is 5.91. The highest BCUT2D eigenvalue weighted by Crippen LogP contribution is 2.28. The van der Waals surface area contributed by atoms with Crippen LogP contribution in [0.2, 0.25) is 0 Å². The number of hydrogen-bond acceptors (Lipinski definition) is 6. The zero-order chi connectivity index (χ0) is 25.2. The Morgan fingerprint density at radius 2 is 1.47 bits per heavy atom. The molecular weight excluding hydrogens is 456 g/mol. The van der Waals surface area contributed by atoms with Gasteiger partial charge < -0.3 is 14.2 Å². The molecule has 4 rings (SSSR count). The summed E-state index contributed by atoms with van der Waals surface area (Å²) in [5, 5.41) is 3.95. The van der Waals surface area contributed by atoms with Gasteiger partial charge in [-0.2, -0.15) is 5.10 Å². The molecule has 0 heterocycles. The molecule has 0 fully saturated rings. The van der Waals surface area contributed by atoms with Gasteiger partial charge >= 0.3 is 5.97 Å². The second kappa shape index (κ2) is 12.0. The van der Waals surface area contributed by atoms with Gasteiger partial charge in [0.1, 0.15) is 5.75 Å². The third kappa shape index (κ3) is 6.57. The van der Waals surface area contributed by atoms with Crippen molar-refractivity contribution < 1.29 is 23.8 Å². The Hall–Kier alpha value is -4.91. The lowest BCUT2D eigenvalue weighted by Crippen LogP contribution is -2.24. The lowest BCUT2D eigenvalue weighted by molar-refractivity contribution is -0.123. The zero-order valence-electron chi connectivity index (χ0n) is 19.6. The molecule has 0 aliphatic carbocycles. The minimum Gasteiger partial charge on any atom is -0.493 e. The number of benzene rings is 4. The molecule has 0 atom stereocenters. The van der Waals surface area contributed by atoms with E-state index in [2.05, 4.69) is 10.5 Å². The standard InChI is InChI=1S/C29H24N2O5/c1-34-27-18-21(12-17-26(27)36-29(33)24-10-6-3-7-11-24)19-30-31-28(32)20-35-25-15-13-23(14-16-25)22-8-4-2-5-9-22/h2-19H,20H2,1H3,(H,31,32)/b30-19+. The fourth-order valence-electron chi connectivity index (χ4n) is 3.32. The summed E-state index contributed by atoms with van der Waals surface area (Å²) in [6.07, 6.45) is 1.46. The molecule has 180 valence electrons. The number of nitrogens with one attached hydrogen (secondary N) is 1. The lowest BCUT2D eigenvalue weighted by atomic mass is 10.1. The van der Waals surface area contributed by atoms with E-state index in [4.69, 9.17) is 14.2 Å². The zero-order valence-corrected chi connectivity index (χ0v) is 19.6. The Kier molecular flexibility index (Phi) is 8.07. The van der Waals surface area contributed by atoms with Crippen LogP contribution in [-0.2, 0) is 4.79 Å². The maximum Gasteiger partial charge on any atom is 0.343 e. The largest absolute Gasteiger partial charge is 0.493 e. The summed E-state index contributed by atoms with van der Waals surface area (Å²) in [6.45, 7) is -0.181. The van der Waals surface area contributed by atoms with E-state index < -0.39 is 11.9 Å². The SMILES string of the molecule is COc1cc(/C=N/NC(=O)COc2ccc(-c3ccccc3)cc2)ccc1OC(=O)c1ccccc1. The number of carbonyl (C=O) groups excluding carboxylic acids is 2. The quantitative estimate of drug-likeness (QED) is 0.156. The predicted molar refractivity (Wildman–Crippen MR) is 138 cm³/mol. The first-order chi connectivity index (χ1) is 17.6. The first-order valence-corrected chi connectivity index (χ1v) is 11.2. The summed E-state index contributed by atoms with van der Waals surface area (Å²) in [5.74, 6) is 0.325. The maximum absolute atomic E-state index is 12.3. The molecule has 1 N–H and O–H groups in total. The van der Waals surface area contributed by atoms with E-state index in [1.165, 1.54) is 13.3 Å². The molecule has 0 aliphatic heterocycles. The van der Waals surface area contributed by atoms with Crippen molar-refractivity contribution in [3.05, 3.63) is 114 Å². The van der Waals surface area contributed by atoms with Crippen molar-refractivity contribution >= 4 is 18.1 Å². The molecule has 0 spiro atoms. The smallest absolute Gasteiger partial charge is 0.343 e. The Labute approximate surface area is 209 Å². The van der Waals surface area contributed by atoms with E-state index in [9.17, 15) is 9.59 Å². The van der Waals surface area contributed by atoms with Crippen molar-refractivity contribution in [2.24, 2.45) is 5.10 Å². The number of hydrazone groups is 1. The highest BCUT2D eigenvalue weighted by Gasteiger charge is 2.12. The van der Waals surface area contributed by atoms with E-state index >= 15 is 0 Å². The Balaban J connectivity index is 1.28. The van der Waals surface area contributed by atoms with Crippen LogP contribution >= 0.6 is 0 Å². The van der Waals surface area contributed by atoms with Crippen LogP contribution in [0.15, 0.2) is 108 Å². The van der Waals surface area contributed by atoms with Crippen LogP contribution in [0.5, 0.6) is 17.2 Å². The summed E-state index contributed by atoms with van der Waals surface area (Å²) >= 11 is 0. The minimum absolute atomic E-state index is 0.181. The minimum atomic E-state index is -0.489. The summed E-state index contributed by atoms with van der Waals surface area (Å²) in [5.41, 5.74) is 5.67. The number of rotatable bonds is 9. The number of carbonyl (C=O) groups is 2. The van der Waals surface area contributed by atoms with Gasteiger partial charge in [0.05, 0.1) is 18.9 Å². The van der Waals surface area contributed by atoms with Crippen molar-refractivity contribution in [2.75, 3.05) is 13.7 Å². The van der Waals surface area contributed by atoms with Crippen LogP contribution in [-0.4, -0.2) is 31.8 Å². The molecule has 0 saturated carbocycles. The number of amides is 1. The maximum atomic E-state index is 12.3. The highest BCUT2D eigenvalue weighted by atomic mass is 16.6. The van der Waals surface area contributed by atoms with Crippen molar-refractivity contribution in [3.8, 4) is 28.4 Å². The Bertz CT molecular complexity index is 1340. The van der Waals surface area contributed by atoms with Crippen LogP contribution in [0, 0.1) is 0 Å². The van der Waals surface area contributed by atoms with Gasteiger partial charge in [-0.05, 0) is 59.2 Å². The molecule has 4 aromatic rings. The Morgan fingerprint density at radius 3 is 2.17 bits per heavy atom. The second-order valence-electron chi connectivity index (χ2n) is 7.64. The van der Waals surface area contributed by atoms with Crippen molar-refractivity contribution in [3.63, 3.8) is 0 Å². The van der Waals surface area contributed by atoms with Crippen LogP contribution in [0.3, 0.4) is 0 Å². The average molecular weight is 481 g/mol. The van der Waals surface area contributed by atoms with Crippen LogP contribution in [0.25, 0.3) is 11.1 Å². The van der Waals surface area contributed by atoms with Crippen LogP contribution < -0.4 is 19.6 Å². The molecule has 0 unspecified atom stereocenters. The predicted octanol–water partition coefficient (Wildman–Crippen LogP) is 5.11. The second-order valence-corrected chi connectivity index (χ2v) is 7.64. The number of esters is 1. The first-order valence-electron chi connectivity index (χ1n) is 11.2. The normalized spacial score (nSPS) is 10.6. The molecule has 0 bridgehead atoms. The summed E-state index contributed by atoms with van der Waals surface area (Å²) < 4.78 is 16.3. The molecule has 7 heteroatoms. The Morgan fingerprint density at radius 1 is 0.806 bits per heavy atom. The third-order valence-corrected chi connectivity index (χ3v) is 5.13. The molecule has 0 radical (unpaired) electrons. The van der Waals surface area contributed by atoms with E-state index in [0.717, 1.165) is 11.1 Å². The van der Waals surface area contributed by atoms with Gasteiger partial charge in [-0.3, -0.25) is 4.79 Å². The third-order valence-electron chi connectivity index (χ3n) is 5.13. The van der Waals surface area contributed by atoms with Gasteiger partial charge in [0.25, 0.3) is 5.91 Å². The topological polar surface area (TPSA) is 86.2 Å². The van der Waals surface area contributed by atoms with E-state index in [-0.39, 0.29) is 12.4 Å². The fourth-order valence-corrected chi connectivity index (χ4v) is 3.32. The molecule has 7 nitrogen and oxygen atoms in total.